The monoisotopic (exact) mass is 273 g/mol. The molecule has 0 atom stereocenters. The van der Waals surface area contributed by atoms with Crippen molar-refractivity contribution in [2.24, 2.45) is 7.05 Å². The molecule has 0 spiro atoms. The van der Waals surface area contributed by atoms with Crippen LogP contribution in [0.15, 0.2) is 23.0 Å². The average molecular weight is 273 g/mol. The van der Waals surface area contributed by atoms with Crippen LogP contribution < -0.4 is 10.3 Å². The van der Waals surface area contributed by atoms with E-state index in [-0.39, 0.29) is 16.7 Å². The van der Waals surface area contributed by atoms with Gasteiger partial charge in [0.1, 0.15) is 0 Å². The van der Waals surface area contributed by atoms with Gasteiger partial charge in [0.25, 0.3) is 5.56 Å². The van der Waals surface area contributed by atoms with Crippen molar-refractivity contribution in [2.75, 3.05) is 7.11 Å². The van der Waals surface area contributed by atoms with Gasteiger partial charge in [-0.3, -0.25) is 4.79 Å². The zero-order valence-corrected chi connectivity index (χ0v) is 10.1. The smallest absolute Gasteiger partial charge is 0.417 e. The van der Waals surface area contributed by atoms with E-state index in [1.165, 1.54) is 20.2 Å². The molecule has 0 aliphatic heterocycles. The van der Waals surface area contributed by atoms with E-state index in [2.05, 4.69) is 0 Å². The number of halogens is 3. The van der Waals surface area contributed by atoms with Crippen molar-refractivity contribution in [3.63, 3.8) is 0 Å². The fourth-order valence-corrected chi connectivity index (χ4v) is 1.87. The first kappa shape index (κ1) is 13.3. The maximum atomic E-state index is 12.9. The normalized spacial score (nSPS) is 11.8. The molecule has 0 radical (unpaired) electrons. The molecule has 1 N–H and O–H groups in total. The van der Waals surface area contributed by atoms with E-state index >= 15 is 0 Å². The molecule has 0 bridgehead atoms. The number of aryl methyl sites for hydroxylation is 1. The molecular formula is C12H10F3NO3. The summed E-state index contributed by atoms with van der Waals surface area (Å²) < 4.78 is 44.5. The predicted molar refractivity (Wildman–Crippen MR) is 62.4 cm³/mol. The van der Waals surface area contributed by atoms with Crippen LogP contribution in [-0.2, 0) is 13.2 Å². The average Bonchev–Trinajstić information content (AvgIpc) is 2.32. The van der Waals surface area contributed by atoms with E-state index < -0.39 is 23.0 Å². The Hall–Kier alpha value is -2.18. The summed E-state index contributed by atoms with van der Waals surface area (Å²) in [5.41, 5.74) is -1.83. The molecular weight excluding hydrogens is 263 g/mol. The first-order chi connectivity index (χ1) is 8.75. The first-order valence-electron chi connectivity index (χ1n) is 5.23. The standard InChI is InChI=1S/C12H10F3NO3/c1-16-8-5-10(19-2)9(17)3-6(8)7(4-11(16)18)12(13,14)15/h3-5,17H,1-2H3. The second-order valence-corrected chi connectivity index (χ2v) is 3.99. The van der Waals surface area contributed by atoms with Crippen molar-refractivity contribution in [1.29, 1.82) is 0 Å². The van der Waals surface area contributed by atoms with Crippen LogP contribution in [0.4, 0.5) is 13.2 Å². The molecule has 102 valence electrons. The zero-order valence-electron chi connectivity index (χ0n) is 10.1. The van der Waals surface area contributed by atoms with Gasteiger partial charge in [0, 0.05) is 24.6 Å². The van der Waals surface area contributed by atoms with Crippen molar-refractivity contribution in [2.45, 2.75) is 6.18 Å². The lowest BCUT2D eigenvalue weighted by molar-refractivity contribution is -0.136. The highest BCUT2D eigenvalue weighted by molar-refractivity contribution is 5.86. The van der Waals surface area contributed by atoms with Crippen molar-refractivity contribution < 1.29 is 23.0 Å². The summed E-state index contributed by atoms with van der Waals surface area (Å²) in [5, 5.41) is 9.32. The van der Waals surface area contributed by atoms with Crippen molar-refractivity contribution in [3.8, 4) is 11.5 Å². The lowest BCUT2D eigenvalue weighted by atomic mass is 10.1. The topological polar surface area (TPSA) is 51.5 Å². The fourth-order valence-electron chi connectivity index (χ4n) is 1.87. The number of aromatic nitrogens is 1. The predicted octanol–water partition coefficient (Wildman–Crippen LogP) is 2.27. The van der Waals surface area contributed by atoms with E-state index in [0.717, 1.165) is 10.6 Å². The summed E-state index contributed by atoms with van der Waals surface area (Å²) in [6.45, 7) is 0. The SMILES string of the molecule is COc1cc2c(cc1O)c(C(F)(F)F)cc(=O)n2C. The molecule has 0 aliphatic carbocycles. The van der Waals surface area contributed by atoms with Crippen molar-refractivity contribution >= 4 is 10.9 Å². The molecule has 1 heterocycles. The van der Waals surface area contributed by atoms with Crippen LogP contribution in [0.1, 0.15) is 5.56 Å². The van der Waals surface area contributed by atoms with Crippen LogP contribution in [0, 0.1) is 0 Å². The maximum absolute atomic E-state index is 12.9. The quantitative estimate of drug-likeness (QED) is 0.867. The third-order valence-corrected chi connectivity index (χ3v) is 2.85. The number of pyridine rings is 1. The van der Waals surface area contributed by atoms with Gasteiger partial charge in [0.05, 0.1) is 18.2 Å². The Kier molecular flexibility index (Phi) is 2.92. The van der Waals surface area contributed by atoms with Gasteiger partial charge in [-0.2, -0.15) is 13.2 Å². The van der Waals surface area contributed by atoms with Gasteiger partial charge >= 0.3 is 6.18 Å². The number of methoxy groups -OCH3 is 1. The number of ether oxygens (including phenoxy) is 1. The molecule has 0 unspecified atom stereocenters. The number of alkyl halides is 3. The fraction of sp³-hybridized carbons (Fsp3) is 0.250. The molecule has 0 saturated heterocycles. The van der Waals surface area contributed by atoms with E-state index in [0.29, 0.717) is 6.07 Å². The summed E-state index contributed by atoms with van der Waals surface area (Å²) in [6, 6.07) is 2.64. The van der Waals surface area contributed by atoms with E-state index in [1.807, 2.05) is 0 Å². The van der Waals surface area contributed by atoms with Crippen LogP contribution in [0.3, 0.4) is 0 Å². The number of nitrogens with zero attached hydrogens (tertiary/aromatic N) is 1. The number of aromatic hydroxyl groups is 1. The third kappa shape index (κ3) is 2.11. The number of phenolic OH excluding ortho intramolecular Hbond substituents is 1. The van der Waals surface area contributed by atoms with Crippen molar-refractivity contribution in [3.05, 3.63) is 34.1 Å². The van der Waals surface area contributed by atoms with Crippen LogP contribution in [0.2, 0.25) is 0 Å². The summed E-state index contributed by atoms with van der Waals surface area (Å²) in [5.74, 6) is -0.416. The molecule has 1 aromatic carbocycles. The second-order valence-electron chi connectivity index (χ2n) is 3.99. The molecule has 2 rings (SSSR count). The van der Waals surface area contributed by atoms with Gasteiger partial charge in [0.15, 0.2) is 11.5 Å². The number of phenols is 1. The van der Waals surface area contributed by atoms with Gasteiger partial charge in [-0.15, -0.1) is 0 Å². The lowest BCUT2D eigenvalue weighted by Gasteiger charge is -2.14. The van der Waals surface area contributed by atoms with Crippen molar-refractivity contribution in [1.82, 2.24) is 4.57 Å². The van der Waals surface area contributed by atoms with Gasteiger partial charge in [-0.05, 0) is 6.07 Å². The van der Waals surface area contributed by atoms with E-state index in [4.69, 9.17) is 4.74 Å². The van der Waals surface area contributed by atoms with Crippen LogP contribution >= 0.6 is 0 Å². The van der Waals surface area contributed by atoms with Crippen LogP contribution in [0.5, 0.6) is 11.5 Å². The molecule has 1 aromatic heterocycles. The first-order valence-corrected chi connectivity index (χ1v) is 5.23. The molecule has 0 fully saturated rings. The number of rotatable bonds is 1. The highest BCUT2D eigenvalue weighted by Crippen LogP contribution is 2.38. The van der Waals surface area contributed by atoms with Gasteiger partial charge in [-0.1, -0.05) is 0 Å². The minimum Gasteiger partial charge on any atom is -0.504 e. The van der Waals surface area contributed by atoms with Gasteiger partial charge in [-0.25, -0.2) is 0 Å². The minimum absolute atomic E-state index is 0.00169. The Bertz CT molecular complexity index is 704. The Labute approximate surface area is 105 Å². The Morgan fingerprint density at radius 1 is 1.26 bits per heavy atom. The number of benzene rings is 1. The molecule has 7 heteroatoms. The van der Waals surface area contributed by atoms with Gasteiger partial charge < -0.3 is 14.4 Å². The van der Waals surface area contributed by atoms with E-state index in [1.54, 1.807) is 0 Å². The summed E-state index contributed by atoms with van der Waals surface area (Å²) >= 11 is 0. The molecule has 0 saturated carbocycles. The summed E-state index contributed by atoms with van der Waals surface area (Å²) in [7, 11) is 2.62. The maximum Gasteiger partial charge on any atom is 0.417 e. The Balaban J connectivity index is 2.98. The van der Waals surface area contributed by atoms with Gasteiger partial charge in [0.2, 0.25) is 0 Å². The van der Waals surface area contributed by atoms with E-state index in [9.17, 15) is 23.1 Å². The third-order valence-electron chi connectivity index (χ3n) is 2.85. The largest absolute Gasteiger partial charge is 0.504 e. The van der Waals surface area contributed by atoms with Crippen LogP contribution in [0.25, 0.3) is 10.9 Å². The summed E-state index contributed by atoms with van der Waals surface area (Å²) in [6.07, 6.45) is -4.67. The highest BCUT2D eigenvalue weighted by atomic mass is 19.4. The molecule has 2 aromatic rings. The minimum atomic E-state index is -4.67. The Morgan fingerprint density at radius 2 is 1.89 bits per heavy atom. The molecule has 4 nitrogen and oxygen atoms in total. The zero-order chi connectivity index (χ0) is 14.4. The number of fused-ring (bicyclic) bond motifs is 1. The molecule has 0 aliphatic rings. The van der Waals surface area contributed by atoms with Crippen LogP contribution in [-0.4, -0.2) is 16.8 Å². The lowest BCUT2D eigenvalue weighted by Crippen LogP contribution is -2.20. The molecule has 0 amide bonds. The Morgan fingerprint density at radius 3 is 2.42 bits per heavy atom. The second kappa shape index (κ2) is 4.18. The number of hydrogen-bond donors (Lipinski definition) is 1. The molecule has 19 heavy (non-hydrogen) atoms. The number of hydrogen-bond acceptors (Lipinski definition) is 3. The summed E-state index contributed by atoms with van der Waals surface area (Å²) in [4.78, 5) is 11.5. The highest BCUT2D eigenvalue weighted by Gasteiger charge is 2.34.